The van der Waals surface area contributed by atoms with Gasteiger partial charge in [-0.25, -0.2) is 8.78 Å². The molecule has 0 fully saturated rings. The fourth-order valence-electron chi connectivity index (χ4n) is 3.54. The van der Waals surface area contributed by atoms with Crippen LogP contribution in [0.1, 0.15) is 35.2 Å². The molecule has 0 bridgehead atoms. The highest BCUT2D eigenvalue weighted by molar-refractivity contribution is 5.85. The number of nitrogens with zero attached hydrogens (tertiary/aromatic N) is 1. The first kappa shape index (κ1) is 17.4. The summed E-state index contributed by atoms with van der Waals surface area (Å²) >= 11 is 0. The summed E-state index contributed by atoms with van der Waals surface area (Å²) in [5.41, 5.74) is 2.95. The van der Waals surface area contributed by atoms with Crippen LogP contribution in [-0.2, 0) is 6.42 Å². The summed E-state index contributed by atoms with van der Waals surface area (Å²) in [6, 6.07) is 24.1. The molecule has 2 nitrogen and oxygen atoms in total. The van der Waals surface area contributed by atoms with Gasteiger partial charge in [-0.3, -0.25) is 4.99 Å². The van der Waals surface area contributed by atoms with E-state index in [0.717, 1.165) is 17.5 Å². The fourth-order valence-corrected chi connectivity index (χ4v) is 3.54. The zero-order valence-corrected chi connectivity index (χ0v) is 14.8. The van der Waals surface area contributed by atoms with Gasteiger partial charge in [-0.15, -0.1) is 0 Å². The molecule has 0 radical (unpaired) electrons. The number of halogens is 2. The third-order valence-corrected chi connectivity index (χ3v) is 4.81. The SMILES string of the molecule is Fc1cc(F)cc(CCC2=N[C@H](c3ccccc3)[C@H](c3ccccc3)N2)c1. The van der Waals surface area contributed by atoms with Crippen LogP contribution in [-0.4, -0.2) is 5.84 Å². The number of aliphatic imine (C=N–C) groups is 1. The average molecular weight is 362 g/mol. The molecule has 4 heteroatoms. The second-order valence-corrected chi connectivity index (χ2v) is 6.74. The molecule has 0 saturated carbocycles. The molecule has 4 rings (SSSR count). The molecule has 27 heavy (non-hydrogen) atoms. The minimum Gasteiger partial charge on any atom is -0.364 e. The summed E-state index contributed by atoms with van der Waals surface area (Å²) in [6.07, 6.45) is 1.14. The van der Waals surface area contributed by atoms with Crippen molar-refractivity contribution in [3.8, 4) is 0 Å². The summed E-state index contributed by atoms with van der Waals surface area (Å²) in [5.74, 6) is -0.228. The predicted molar refractivity (Wildman–Crippen MR) is 104 cm³/mol. The summed E-state index contributed by atoms with van der Waals surface area (Å²) in [7, 11) is 0. The van der Waals surface area contributed by atoms with Crippen LogP contribution < -0.4 is 5.32 Å². The highest BCUT2D eigenvalue weighted by Crippen LogP contribution is 2.36. The number of hydrogen-bond donors (Lipinski definition) is 1. The Labute approximate surface area is 157 Å². The first-order valence-corrected chi connectivity index (χ1v) is 9.07. The van der Waals surface area contributed by atoms with Crippen molar-refractivity contribution in [1.29, 1.82) is 0 Å². The maximum Gasteiger partial charge on any atom is 0.126 e. The average Bonchev–Trinajstić information content (AvgIpc) is 3.11. The van der Waals surface area contributed by atoms with Crippen molar-refractivity contribution < 1.29 is 8.78 Å². The van der Waals surface area contributed by atoms with Gasteiger partial charge in [0.15, 0.2) is 0 Å². The number of amidine groups is 1. The zero-order valence-electron chi connectivity index (χ0n) is 14.8. The standard InChI is InChI=1S/C23H20F2N2/c24-19-13-16(14-20(25)15-19)11-12-21-26-22(17-7-3-1-4-8-17)23(27-21)18-9-5-2-6-10-18/h1-10,13-15,22-23H,11-12H2,(H,26,27)/t22-,23+. The van der Waals surface area contributed by atoms with Gasteiger partial charge < -0.3 is 5.32 Å². The first-order chi connectivity index (χ1) is 13.2. The Balaban J connectivity index is 1.56. The Bertz CT molecular complexity index is 919. The summed E-state index contributed by atoms with van der Waals surface area (Å²) in [5, 5.41) is 3.52. The molecule has 0 spiro atoms. The fraction of sp³-hybridized carbons (Fsp3) is 0.174. The minimum absolute atomic E-state index is 0.0205. The first-order valence-electron chi connectivity index (χ1n) is 9.07. The normalized spacial score (nSPS) is 18.8. The number of benzene rings is 3. The van der Waals surface area contributed by atoms with Crippen molar-refractivity contribution in [2.75, 3.05) is 0 Å². The molecule has 136 valence electrons. The molecule has 3 aromatic rings. The van der Waals surface area contributed by atoms with E-state index >= 15 is 0 Å². The zero-order chi connectivity index (χ0) is 18.6. The van der Waals surface area contributed by atoms with Gasteiger partial charge in [0.25, 0.3) is 0 Å². The number of nitrogens with one attached hydrogen (secondary N) is 1. The van der Waals surface area contributed by atoms with Gasteiger partial charge >= 0.3 is 0 Å². The van der Waals surface area contributed by atoms with Crippen LogP contribution in [0.5, 0.6) is 0 Å². The molecular formula is C23H20F2N2. The lowest BCUT2D eigenvalue weighted by molar-refractivity contribution is 0.571. The number of aryl methyl sites for hydroxylation is 1. The van der Waals surface area contributed by atoms with E-state index in [2.05, 4.69) is 29.6 Å². The molecule has 1 aliphatic rings. The Hall–Kier alpha value is -3.01. The second-order valence-electron chi connectivity index (χ2n) is 6.74. The van der Waals surface area contributed by atoms with Gasteiger partial charge in [-0.05, 0) is 35.2 Å². The van der Waals surface area contributed by atoms with E-state index < -0.39 is 11.6 Å². The lowest BCUT2D eigenvalue weighted by atomic mass is 9.95. The lowest BCUT2D eigenvalue weighted by Crippen LogP contribution is -2.24. The van der Waals surface area contributed by atoms with E-state index in [4.69, 9.17) is 4.99 Å². The van der Waals surface area contributed by atoms with E-state index in [1.807, 2.05) is 36.4 Å². The Morgan fingerprint density at radius 2 is 1.33 bits per heavy atom. The van der Waals surface area contributed by atoms with E-state index in [9.17, 15) is 8.78 Å². The van der Waals surface area contributed by atoms with Crippen LogP contribution in [0.15, 0.2) is 83.9 Å². The van der Waals surface area contributed by atoms with E-state index in [0.29, 0.717) is 18.4 Å². The van der Waals surface area contributed by atoms with Gasteiger partial charge in [-0.1, -0.05) is 60.7 Å². The molecule has 1 heterocycles. The van der Waals surface area contributed by atoms with Crippen molar-refractivity contribution in [1.82, 2.24) is 5.32 Å². The Morgan fingerprint density at radius 1 is 0.741 bits per heavy atom. The van der Waals surface area contributed by atoms with Gasteiger partial charge in [0.1, 0.15) is 17.7 Å². The third kappa shape index (κ3) is 4.05. The monoisotopic (exact) mass is 362 g/mol. The molecular weight excluding hydrogens is 342 g/mol. The van der Waals surface area contributed by atoms with E-state index in [1.165, 1.54) is 17.7 Å². The van der Waals surface area contributed by atoms with Gasteiger partial charge in [0.05, 0.1) is 11.9 Å². The number of rotatable bonds is 5. The van der Waals surface area contributed by atoms with Crippen molar-refractivity contribution >= 4 is 5.84 Å². The second kappa shape index (κ2) is 7.70. The quantitative estimate of drug-likeness (QED) is 0.647. The molecule has 1 N–H and O–H groups in total. The van der Waals surface area contributed by atoms with Crippen molar-refractivity contribution in [2.45, 2.75) is 24.9 Å². The molecule has 0 amide bonds. The highest BCUT2D eigenvalue weighted by atomic mass is 19.1. The minimum atomic E-state index is -0.546. The molecule has 0 saturated heterocycles. The Morgan fingerprint density at radius 3 is 1.96 bits per heavy atom. The molecule has 0 unspecified atom stereocenters. The molecule has 0 aliphatic carbocycles. The smallest absolute Gasteiger partial charge is 0.126 e. The topological polar surface area (TPSA) is 24.4 Å². The third-order valence-electron chi connectivity index (χ3n) is 4.81. The predicted octanol–water partition coefficient (Wildman–Crippen LogP) is 5.38. The van der Waals surface area contributed by atoms with Crippen LogP contribution in [0.3, 0.4) is 0 Å². The van der Waals surface area contributed by atoms with Crippen molar-refractivity contribution in [3.05, 3.63) is 107 Å². The molecule has 2 atom stereocenters. The van der Waals surface area contributed by atoms with E-state index in [1.54, 1.807) is 0 Å². The van der Waals surface area contributed by atoms with Gasteiger partial charge in [-0.2, -0.15) is 0 Å². The van der Waals surface area contributed by atoms with Crippen LogP contribution in [0.2, 0.25) is 0 Å². The van der Waals surface area contributed by atoms with Gasteiger partial charge in [0.2, 0.25) is 0 Å². The maximum absolute atomic E-state index is 13.4. The molecule has 0 aromatic heterocycles. The largest absolute Gasteiger partial charge is 0.364 e. The molecule has 1 aliphatic heterocycles. The lowest BCUT2D eigenvalue weighted by Gasteiger charge is -2.19. The summed E-state index contributed by atoms with van der Waals surface area (Å²) < 4.78 is 26.8. The number of hydrogen-bond acceptors (Lipinski definition) is 2. The summed E-state index contributed by atoms with van der Waals surface area (Å²) in [6.45, 7) is 0. The van der Waals surface area contributed by atoms with Crippen molar-refractivity contribution in [3.63, 3.8) is 0 Å². The van der Waals surface area contributed by atoms with Crippen LogP contribution in [0.4, 0.5) is 8.78 Å². The van der Waals surface area contributed by atoms with Gasteiger partial charge in [0, 0.05) is 12.5 Å². The van der Waals surface area contributed by atoms with Crippen LogP contribution in [0, 0.1) is 11.6 Å². The van der Waals surface area contributed by atoms with Crippen LogP contribution in [0.25, 0.3) is 0 Å². The summed E-state index contributed by atoms with van der Waals surface area (Å²) in [4.78, 5) is 4.89. The van der Waals surface area contributed by atoms with Crippen molar-refractivity contribution in [2.24, 2.45) is 4.99 Å². The van der Waals surface area contributed by atoms with E-state index in [-0.39, 0.29) is 12.1 Å². The maximum atomic E-state index is 13.4. The molecule has 3 aromatic carbocycles. The highest BCUT2D eigenvalue weighted by Gasteiger charge is 2.30. The Kier molecular flexibility index (Phi) is 4.97. The van der Waals surface area contributed by atoms with Crippen LogP contribution >= 0.6 is 0 Å².